The Morgan fingerprint density at radius 2 is 1.73 bits per heavy atom. The molecule has 44 heavy (non-hydrogen) atoms. The molecule has 1 aliphatic heterocycles. The number of hydrogen-bond donors (Lipinski definition) is 0. The van der Waals surface area contributed by atoms with E-state index >= 15 is 0 Å². The van der Waals surface area contributed by atoms with Crippen molar-refractivity contribution in [3.05, 3.63) is 95.3 Å². The van der Waals surface area contributed by atoms with Crippen LogP contribution in [0, 0.1) is 0 Å². The third-order valence-electron chi connectivity index (χ3n) is 7.03. The van der Waals surface area contributed by atoms with Gasteiger partial charge in [0.1, 0.15) is 10.5 Å². The fourth-order valence-corrected chi connectivity index (χ4v) is 7.35. The highest BCUT2D eigenvalue weighted by Gasteiger charge is 2.28. The van der Waals surface area contributed by atoms with Crippen molar-refractivity contribution in [3.8, 4) is 16.9 Å². The Hall–Kier alpha value is -3.84. The van der Waals surface area contributed by atoms with Crippen molar-refractivity contribution < 1.29 is 35.5 Å². The summed E-state index contributed by atoms with van der Waals surface area (Å²) < 4.78 is 66.7. The number of fused-ring (bicyclic) bond motifs is 2. The normalized spacial score (nSPS) is 14.7. The quantitative estimate of drug-likeness (QED) is 0.156. The van der Waals surface area contributed by atoms with Crippen molar-refractivity contribution in [1.82, 2.24) is 0 Å². The second-order valence-electron chi connectivity index (χ2n) is 10.6. The van der Waals surface area contributed by atoms with Crippen LogP contribution in [0.1, 0.15) is 24.8 Å². The van der Waals surface area contributed by atoms with Crippen LogP contribution < -0.4 is 14.2 Å². The molecular weight excluding hydrogens is 621 g/mol. The fraction of sp³-hybridized carbons (Fsp3) is 0.250. The molecule has 0 amide bonds. The first-order chi connectivity index (χ1) is 20.9. The average molecular weight is 653 g/mol. The molecule has 9 nitrogen and oxygen atoms in total. The molecule has 0 saturated heterocycles. The number of benzene rings is 3. The molecule has 0 atom stereocenters. The van der Waals surface area contributed by atoms with Gasteiger partial charge in [-0.2, -0.15) is 4.57 Å². The maximum absolute atomic E-state index is 12.7. The van der Waals surface area contributed by atoms with E-state index < -0.39 is 37.2 Å². The van der Waals surface area contributed by atoms with E-state index in [1.807, 2.05) is 101 Å². The molecule has 2 heterocycles. The summed E-state index contributed by atoms with van der Waals surface area (Å²) in [6.45, 7) is 2.15. The van der Waals surface area contributed by atoms with E-state index in [9.17, 15) is 26.2 Å². The Bertz CT molecular complexity index is 1980. The molecule has 4 aromatic rings. The number of sulfone groups is 1. The summed E-state index contributed by atoms with van der Waals surface area (Å²) in [5.41, 5.74) is 4.44. The third-order valence-corrected chi connectivity index (χ3v) is 9.78. The highest BCUT2D eigenvalue weighted by atomic mass is 32.2. The van der Waals surface area contributed by atoms with Crippen LogP contribution in [0.4, 0.5) is 5.69 Å². The summed E-state index contributed by atoms with van der Waals surface area (Å²) in [4.78, 5) is 14.6. The summed E-state index contributed by atoms with van der Waals surface area (Å²) in [6.07, 6.45) is 5.59. The number of aromatic nitrogens is 1. The minimum atomic E-state index is -4.38. The van der Waals surface area contributed by atoms with E-state index in [0.29, 0.717) is 18.1 Å². The summed E-state index contributed by atoms with van der Waals surface area (Å²) in [7, 11) is -7.85. The molecule has 5 rings (SSSR count). The molecule has 0 aliphatic carbocycles. The highest BCUT2D eigenvalue weighted by Crippen LogP contribution is 2.42. The van der Waals surface area contributed by atoms with Gasteiger partial charge in [0.05, 0.1) is 15.8 Å². The predicted octanol–water partition coefficient (Wildman–Crippen LogP) is 4.94. The minimum absolute atomic E-state index is 0.0868. The third kappa shape index (κ3) is 7.81. The lowest BCUT2D eigenvalue weighted by molar-refractivity contribution is -0.655. The lowest BCUT2D eigenvalue weighted by Gasteiger charge is -2.19. The molecule has 0 N–H and O–H groups in total. The van der Waals surface area contributed by atoms with E-state index in [0.717, 1.165) is 43.9 Å². The SMILES string of the molecule is CCC(/C=C1\Oc2ccc(-c3ccccc3)cc2N1CCCS(=O)(=O)[O-])=C\c1sc2ccccc2[n+]1CC(=O)CS(C)(=O)=O. The van der Waals surface area contributed by atoms with Gasteiger partial charge in [-0.15, -0.1) is 0 Å². The van der Waals surface area contributed by atoms with Crippen molar-refractivity contribution in [1.29, 1.82) is 0 Å². The fourth-order valence-electron chi connectivity index (χ4n) is 5.05. The van der Waals surface area contributed by atoms with Crippen LogP contribution in [0.5, 0.6) is 5.75 Å². The Morgan fingerprint density at radius 3 is 2.43 bits per heavy atom. The number of para-hydroxylation sites is 1. The van der Waals surface area contributed by atoms with Crippen molar-refractivity contribution >= 4 is 59.1 Å². The van der Waals surface area contributed by atoms with Gasteiger partial charge in [0.25, 0.3) is 5.01 Å². The van der Waals surface area contributed by atoms with E-state index in [-0.39, 0.29) is 19.5 Å². The second-order valence-corrected chi connectivity index (χ2v) is 15.3. The minimum Gasteiger partial charge on any atom is -0.748 e. The van der Waals surface area contributed by atoms with Gasteiger partial charge < -0.3 is 14.2 Å². The van der Waals surface area contributed by atoms with E-state index in [1.165, 1.54) is 11.3 Å². The molecule has 0 fully saturated rings. The van der Waals surface area contributed by atoms with Crippen LogP contribution in [0.25, 0.3) is 27.4 Å². The van der Waals surface area contributed by atoms with Crippen LogP contribution >= 0.6 is 11.3 Å². The van der Waals surface area contributed by atoms with Gasteiger partial charge in [-0.05, 0) is 47.7 Å². The van der Waals surface area contributed by atoms with Crippen LogP contribution in [0.15, 0.2) is 90.3 Å². The lowest BCUT2D eigenvalue weighted by atomic mass is 10.0. The number of rotatable bonds is 12. The Balaban J connectivity index is 1.53. The van der Waals surface area contributed by atoms with Crippen LogP contribution in [0.3, 0.4) is 0 Å². The maximum atomic E-state index is 12.7. The molecule has 1 aliphatic rings. The zero-order valence-corrected chi connectivity index (χ0v) is 26.8. The molecule has 3 aromatic carbocycles. The number of carbonyl (C=O) groups is 1. The first-order valence-electron chi connectivity index (χ1n) is 14.0. The second kappa shape index (κ2) is 13.0. The smallest absolute Gasteiger partial charge is 0.263 e. The molecule has 1 aromatic heterocycles. The van der Waals surface area contributed by atoms with E-state index in [2.05, 4.69) is 0 Å². The van der Waals surface area contributed by atoms with Gasteiger partial charge in [-0.1, -0.05) is 66.8 Å². The largest absolute Gasteiger partial charge is 0.748 e. The Labute approximate surface area is 261 Å². The molecule has 230 valence electrons. The summed E-state index contributed by atoms with van der Waals surface area (Å²) in [5.74, 6) is -0.342. The molecule has 0 spiro atoms. The summed E-state index contributed by atoms with van der Waals surface area (Å²) in [6, 6.07) is 23.3. The van der Waals surface area contributed by atoms with Crippen LogP contribution in [0.2, 0.25) is 0 Å². The lowest BCUT2D eigenvalue weighted by Crippen LogP contribution is -2.41. The molecule has 0 unspecified atom stereocenters. The number of ketones is 1. The number of Topliss-reactive ketones (excluding diaryl/α,β-unsaturated/α-hetero) is 1. The van der Waals surface area contributed by atoms with Crippen LogP contribution in [-0.4, -0.2) is 51.5 Å². The zero-order valence-electron chi connectivity index (χ0n) is 24.3. The molecule has 12 heteroatoms. The molecule has 0 saturated carbocycles. The summed E-state index contributed by atoms with van der Waals surface area (Å²) in [5, 5.41) is 0.771. The van der Waals surface area contributed by atoms with Crippen molar-refractivity contribution in [3.63, 3.8) is 0 Å². The Kier molecular flexibility index (Phi) is 9.35. The first kappa shape index (κ1) is 31.6. The van der Waals surface area contributed by atoms with Crippen molar-refractivity contribution in [2.24, 2.45) is 0 Å². The van der Waals surface area contributed by atoms with Crippen molar-refractivity contribution in [2.45, 2.75) is 26.3 Å². The number of ether oxygens (including phenoxy) is 1. The first-order valence-corrected chi connectivity index (χ1v) is 18.5. The standard InChI is InChI=1S/C32H32N2O7S3/c1-3-23(19-32-34(21-26(35)22-43(2,36)37)27-12-7-8-13-30(27)42-32)18-31-33(16-9-17-44(38,39)40)28-20-25(14-15-29(28)41-31)24-10-5-4-6-11-24/h4-8,10-15,18-20H,3,9,16-17,21-22H2,1-2H3. The number of allylic oxidation sites excluding steroid dienone is 2. The Morgan fingerprint density at radius 1 is 1.00 bits per heavy atom. The monoisotopic (exact) mass is 652 g/mol. The van der Waals surface area contributed by atoms with Gasteiger partial charge in [-0.25, -0.2) is 16.8 Å². The number of thiazole rings is 1. The highest BCUT2D eigenvalue weighted by molar-refractivity contribution is 7.91. The zero-order chi connectivity index (χ0) is 31.5. The molecular formula is C32H32N2O7S3. The van der Waals surface area contributed by atoms with Gasteiger partial charge in [-0.3, -0.25) is 4.79 Å². The molecule has 0 radical (unpaired) electrons. The van der Waals surface area contributed by atoms with Crippen LogP contribution in [-0.2, 0) is 31.3 Å². The van der Waals surface area contributed by atoms with E-state index in [4.69, 9.17) is 4.74 Å². The van der Waals surface area contributed by atoms with Crippen molar-refractivity contribution in [2.75, 3.05) is 29.2 Å². The number of carbonyl (C=O) groups excluding carboxylic acids is 1. The summed E-state index contributed by atoms with van der Waals surface area (Å²) >= 11 is 1.49. The van der Waals surface area contributed by atoms with Gasteiger partial charge in [0.15, 0.2) is 15.6 Å². The van der Waals surface area contributed by atoms with Gasteiger partial charge in [0, 0.05) is 36.8 Å². The number of nitrogens with zero attached hydrogens (tertiary/aromatic N) is 2. The van der Waals surface area contributed by atoms with Gasteiger partial charge >= 0.3 is 0 Å². The predicted molar refractivity (Wildman–Crippen MR) is 172 cm³/mol. The maximum Gasteiger partial charge on any atom is 0.263 e. The number of anilines is 1. The van der Waals surface area contributed by atoms with E-state index in [1.54, 1.807) is 0 Å². The molecule has 0 bridgehead atoms. The average Bonchev–Trinajstić information content (AvgIpc) is 3.48. The topological polar surface area (TPSA) is 125 Å². The van der Waals surface area contributed by atoms with Gasteiger partial charge in [0.2, 0.25) is 23.7 Å². The number of hydrogen-bond acceptors (Lipinski definition) is 9.